The van der Waals surface area contributed by atoms with Crippen molar-refractivity contribution in [2.75, 3.05) is 6.54 Å². The number of hydrogen-bond acceptors (Lipinski definition) is 4. The zero-order chi connectivity index (χ0) is 14.4. The molecule has 0 fully saturated rings. The summed E-state index contributed by atoms with van der Waals surface area (Å²) in [6, 6.07) is 5.91. The van der Waals surface area contributed by atoms with E-state index < -0.39 is 4.92 Å². The van der Waals surface area contributed by atoms with Crippen molar-refractivity contribution in [1.82, 2.24) is 5.32 Å². The molecule has 0 saturated carbocycles. The maximum atomic E-state index is 11.8. The first kappa shape index (κ1) is 15.1. The van der Waals surface area contributed by atoms with Crippen LogP contribution in [0, 0.1) is 16.0 Å². The number of nitro groups is 1. The molecule has 104 valence electrons. The number of nitrogens with zero attached hydrogens (tertiary/aromatic N) is 1. The molecule has 19 heavy (non-hydrogen) atoms. The number of non-ortho nitro benzene ring substituents is 1. The van der Waals surface area contributed by atoms with Gasteiger partial charge in [0.15, 0.2) is 0 Å². The Kier molecular flexibility index (Phi) is 5.44. The molecule has 1 atom stereocenters. The normalized spacial score (nSPS) is 12.2. The van der Waals surface area contributed by atoms with E-state index in [0.29, 0.717) is 6.54 Å². The smallest absolute Gasteiger partial charge is 0.269 e. The molecule has 3 N–H and O–H groups in total. The number of nitrogens with one attached hydrogen (secondary N) is 1. The lowest BCUT2D eigenvalue weighted by Gasteiger charge is -2.20. The van der Waals surface area contributed by atoms with Gasteiger partial charge in [-0.1, -0.05) is 26.0 Å². The average molecular weight is 265 g/mol. The van der Waals surface area contributed by atoms with Crippen LogP contribution < -0.4 is 11.1 Å². The maximum absolute atomic E-state index is 11.8. The summed E-state index contributed by atoms with van der Waals surface area (Å²) in [4.78, 5) is 21.8. The van der Waals surface area contributed by atoms with Gasteiger partial charge in [-0.05, 0) is 11.5 Å². The van der Waals surface area contributed by atoms with E-state index in [9.17, 15) is 14.9 Å². The van der Waals surface area contributed by atoms with Gasteiger partial charge in [0, 0.05) is 24.7 Å². The van der Waals surface area contributed by atoms with Gasteiger partial charge in [0.2, 0.25) is 5.91 Å². The Labute approximate surface area is 112 Å². The summed E-state index contributed by atoms with van der Waals surface area (Å²) in [5, 5.41) is 13.4. The van der Waals surface area contributed by atoms with Gasteiger partial charge in [-0.3, -0.25) is 14.9 Å². The lowest BCUT2D eigenvalue weighted by atomic mass is 10.0. The number of nitrogens with two attached hydrogens (primary N) is 1. The molecule has 1 aromatic rings. The summed E-state index contributed by atoms with van der Waals surface area (Å²) in [5.41, 5.74) is 6.34. The van der Waals surface area contributed by atoms with Crippen LogP contribution in [0.4, 0.5) is 5.69 Å². The predicted molar refractivity (Wildman–Crippen MR) is 72.6 cm³/mol. The van der Waals surface area contributed by atoms with Crippen molar-refractivity contribution >= 4 is 11.6 Å². The lowest BCUT2D eigenvalue weighted by molar-refractivity contribution is -0.384. The Morgan fingerprint density at radius 3 is 2.37 bits per heavy atom. The van der Waals surface area contributed by atoms with E-state index in [0.717, 1.165) is 5.56 Å². The van der Waals surface area contributed by atoms with Crippen LogP contribution >= 0.6 is 0 Å². The molecule has 0 aliphatic carbocycles. The first-order valence-electron chi connectivity index (χ1n) is 6.16. The zero-order valence-corrected chi connectivity index (χ0v) is 11.1. The highest BCUT2D eigenvalue weighted by Crippen LogP contribution is 2.12. The van der Waals surface area contributed by atoms with Crippen LogP contribution in [0.5, 0.6) is 0 Å². The van der Waals surface area contributed by atoms with Crippen LogP contribution in [0.1, 0.15) is 19.4 Å². The molecular formula is C13H19N3O3. The molecule has 1 amide bonds. The van der Waals surface area contributed by atoms with Crippen molar-refractivity contribution < 1.29 is 9.72 Å². The van der Waals surface area contributed by atoms with E-state index in [1.165, 1.54) is 12.1 Å². The molecular weight excluding hydrogens is 246 g/mol. The Hall–Kier alpha value is -1.95. The molecule has 0 saturated heterocycles. The third-order valence-electron chi connectivity index (χ3n) is 2.92. The summed E-state index contributed by atoms with van der Waals surface area (Å²) in [6.07, 6.45) is 0.196. The Morgan fingerprint density at radius 1 is 1.37 bits per heavy atom. The summed E-state index contributed by atoms with van der Waals surface area (Å²) >= 11 is 0. The van der Waals surface area contributed by atoms with Gasteiger partial charge in [-0.2, -0.15) is 0 Å². The molecule has 1 aromatic carbocycles. The van der Waals surface area contributed by atoms with Crippen LogP contribution in [-0.4, -0.2) is 23.4 Å². The van der Waals surface area contributed by atoms with Crippen molar-refractivity contribution in [1.29, 1.82) is 0 Å². The van der Waals surface area contributed by atoms with Crippen LogP contribution in [-0.2, 0) is 11.2 Å². The highest BCUT2D eigenvalue weighted by Gasteiger charge is 2.14. The molecule has 0 heterocycles. The van der Waals surface area contributed by atoms with E-state index in [1.807, 2.05) is 13.8 Å². The van der Waals surface area contributed by atoms with Gasteiger partial charge in [0.1, 0.15) is 0 Å². The van der Waals surface area contributed by atoms with Gasteiger partial charge < -0.3 is 11.1 Å². The van der Waals surface area contributed by atoms with Crippen molar-refractivity contribution in [2.24, 2.45) is 11.7 Å². The molecule has 6 nitrogen and oxygen atoms in total. The Balaban J connectivity index is 2.59. The topological polar surface area (TPSA) is 98.3 Å². The summed E-state index contributed by atoms with van der Waals surface area (Å²) in [6.45, 7) is 4.37. The standard InChI is InChI=1S/C13H19N3O3/c1-9(2)12(8-14)15-13(17)7-10-3-5-11(6-4-10)16(18)19/h3-6,9,12H,7-8,14H2,1-2H3,(H,15,17). The number of nitro benzene ring substituents is 1. The average Bonchev–Trinajstić information content (AvgIpc) is 2.36. The number of carbonyl (C=O) groups excluding carboxylic acids is 1. The number of benzene rings is 1. The lowest BCUT2D eigenvalue weighted by Crippen LogP contribution is -2.44. The predicted octanol–water partition coefficient (Wildman–Crippen LogP) is 1.24. The van der Waals surface area contributed by atoms with Gasteiger partial charge in [-0.25, -0.2) is 0 Å². The minimum Gasteiger partial charge on any atom is -0.352 e. The fourth-order valence-corrected chi connectivity index (χ4v) is 1.68. The van der Waals surface area contributed by atoms with Crippen LogP contribution in [0.15, 0.2) is 24.3 Å². The van der Waals surface area contributed by atoms with Gasteiger partial charge in [0.25, 0.3) is 5.69 Å². The Morgan fingerprint density at radius 2 is 1.95 bits per heavy atom. The quantitative estimate of drug-likeness (QED) is 0.597. The minimum absolute atomic E-state index is 0.0196. The second-order valence-corrected chi connectivity index (χ2v) is 4.75. The molecule has 1 unspecified atom stereocenters. The van der Waals surface area contributed by atoms with Gasteiger partial charge in [-0.15, -0.1) is 0 Å². The summed E-state index contributed by atoms with van der Waals surface area (Å²) in [5.74, 6) is 0.142. The highest BCUT2D eigenvalue weighted by atomic mass is 16.6. The molecule has 6 heteroatoms. The van der Waals surface area contributed by atoms with E-state index in [1.54, 1.807) is 12.1 Å². The monoisotopic (exact) mass is 265 g/mol. The first-order chi connectivity index (χ1) is 8.93. The highest BCUT2D eigenvalue weighted by molar-refractivity contribution is 5.79. The van der Waals surface area contributed by atoms with E-state index in [-0.39, 0.29) is 30.0 Å². The third-order valence-corrected chi connectivity index (χ3v) is 2.92. The SMILES string of the molecule is CC(C)C(CN)NC(=O)Cc1ccc([N+](=O)[O-])cc1. The minimum atomic E-state index is -0.465. The van der Waals surface area contributed by atoms with Crippen LogP contribution in [0.2, 0.25) is 0 Å². The van der Waals surface area contributed by atoms with Gasteiger partial charge >= 0.3 is 0 Å². The van der Waals surface area contributed by atoms with Gasteiger partial charge in [0.05, 0.1) is 11.3 Å². The third kappa shape index (κ3) is 4.67. The van der Waals surface area contributed by atoms with Crippen molar-refractivity contribution in [3.63, 3.8) is 0 Å². The molecule has 0 bridgehead atoms. The number of carbonyl (C=O) groups is 1. The number of rotatable bonds is 6. The molecule has 0 spiro atoms. The van der Waals surface area contributed by atoms with E-state index in [4.69, 9.17) is 5.73 Å². The second kappa shape index (κ2) is 6.84. The molecule has 1 rings (SSSR count). The number of hydrogen-bond donors (Lipinski definition) is 2. The fraction of sp³-hybridized carbons (Fsp3) is 0.462. The van der Waals surface area contributed by atoms with E-state index >= 15 is 0 Å². The first-order valence-corrected chi connectivity index (χ1v) is 6.16. The van der Waals surface area contributed by atoms with Crippen LogP contribution in [0.25, 0.3) is 0 Å². The maximum Gasteiger partial charge on any atom is 0.269 e. The largest absolute Gasteiger partial charge is 0.352 e. The molecule has 0 aliphatic rings. The van der Waals surface area contributed by atoms with Crippen LogP contribution in [0.3, 0.4) is 0 Å². The fourth-order valence-electron chi connectivity index (χ4n) is 1.68. The second-order valence-electron chi connectivity index (χ2n) is 4.75. The summed E-state index contributed by atoms with van der Waals surface area (Å²) < 4.78 is 0. The molecule has 0 aromatic heterocycles. The number of amides is 1. The summed E-state index contributed by atoms with van der Waals surface area (Å²) in [7, 11) is 0. The zero-order valence-electron chi connectivity index (χ0n) is 11.1. The van der Waals surface area contributed by atoms with Crippen molar-refractivity contribution in [3.8, 4) is 0 Å². The molecule has 0 radical (unpaired) electrons. The van der Waals surface area contributed by atoms with Crippen molar-refractivity contribution in [3.05, 3.63) is 39.9 Å². The van der Waals surface area contributed by atoms with E-state index in [2.05, 4.69) is 5.32 Å². The van der Waals surface area contributed by atoms with Crippen molar-refractivity contribution in [2.45, 2.75) is 26.3 Å². The Bertz CT molecular complexity index is 443. The molecule has 0 aliphatic heterocycles.